The molecule has 0 aliphatic rings. The summed E-state index contributed by atoms with van der Waals surface area (Å²) < 4.78 is 6.47. The van der Waals surface area contributed by atoms with E-state index in [2.05, 4.69) is 21.2 Å². The minimum Gasteiger partial charge on any atom is -0.492 e. The average Bonchev–Trinajstić information content (AvgIpc) is 2.40. The Morgan fingerprint density at radius 2 is 2.30 bits per heavy atom. The molecule has 0 fully saturated rings. The van der Waals surface area contributed by atoms with Crippen molar-refractivity contribution in [2.45, 2.75) is 12.5 Å². The lowest BCUT2D eigenvalue weighted by Gasteiger charge is -2.12. The van der Waals surface area contributed by atoms with Gasteiger partial charge in [-0.2, -0.15) is 11.8 Å². The number of carbonyl (C=O) groups excluding carboxylic acids is 1. The Hall–Kier alpha value is -0.430. The highest BCUT2D eigenvalue weighted by molar-refractivity contribution is 9.10. The Morgan fingerprint density at radius 1 is 1.55 bits per heavy atom. The van der Waals surface area contributed by atoms with E-state index in [0.717, 1.165) is 16.0 Å². The van der Waals surface area contributed by atoms with E-state index < -0.39 is 6.04 Å². The number of carbonyl (C=O) groups is 1. The Kier molecular flexibility index (Phi) is 11.0. The molecule has 0 saturated carbocycles. The van der Waals surface area contributed by atoms with Gasteiger partial charge in [0.15, 0.2) is 0 Å². The molecule has 0 radical (unpaired) electrons. The van der Waals surface area contributed by atoms with Gasteiger partial charge in [-0.3, -0.25) is 4.79 Å². The molecule has 0 aliphatic carbocycles. The molecule has 1 atom stereocenters. The Labute approximate surface area is 138 Å². The molecular formula is C13H20BrClN2O2S. The molecule has 7 heteroatoms. The summed E-state index contributed by atoms with van der Waals surface area (Å²) in [7, 11) is 0. The number of amides is 1. The number of hydrogen-bond acceptors (Lipinski definition) is 4. The summed E-state index contributed by atoms with van der Waals surface area (Å²) in [5.41, 5.74) is 5.74. The van der Waals surface area contributed by atoms with Gasteiger partial charge >= 0.3 is 0 Å². The maximum absolute atomic E-state index is 11.6. The van der Waals surface area contributed by atoms with Gasteiger partial charge in [0.1, 0.15) is 12.4 Å². The summed E-state index contributed by atoms with van der Waals surface area (Å²) in [6.07, 6.45) is 2.69. The van der Waals surface area contributed by atoms with Gasteiger partial charge in [0, 0.05) is 4.47 Å². The van der Waals surface area contributed by atoms with Crippen molar-refractivity contribution in [2.75, 3.05) is 25.2 Å². The van der Waals surface area contributed by atoms with Gasteiger partial charge < -0.3 is 15.8 Å². The highest BCUT2D eigenvalue weighted by atomic mass is 79.9. The van der Waals surface area contributed by atoms with Crippen LogP contribution in [0.5, 0.6) is 5.75 Å². The molecule has 0 unspecified atom stereocenters. The topological polar surface area (TPSA) is 64.4 Å². The molecule has 1 aromatic carbocycles. The second-order valence-corrected chi connectivity index (χ2v) is 5.89. The fourth-order valence-corrected chi connectivity index (χ4v) is 2.27. The Balaban J connectivity index is 0.00000361. The molecule has 0 saturated heterocycles. The van der Waals surface area contributed by atoms with E-state index in [1.807, 2.05) is 30.5 Å². The lowest BCUT2D eigenvalue weighted by molar-refractivity contribution is -0.122. The van der Waals surface area contributed by atoms with Crippen LogP contribution in [0.15, 0.2) is 28.7 Å². The average molecular weight is 384 g/mol. The first-order valence-electron chi connectivity index (χ1n) is 6.04. The largest absolute Gasteiger partial charge is 0.492 e. The zero-order chi connectivity index (χ0) is 14.1. The first-order valence-corrected chi connectivity index (χ1v) is 8.22. The van der Waals surface area contributed by atoms with E-state index in [9.17, 15) is 4.79 Å². The molecule has 0 heterocycles. The van der Waals surface area contributed by atoms with Crippen LogP contribution < -0.4 is 15.8 Å². The van der Waals surface area contributed by atoms with Crippen LogP contribution in [0.25, 0.3) is 0 Å². The van der Waals surface area contributed by atoms with Crippen molar-refractivity contribution in [2.24, 2.45) is 5.73 Å². The van der Waals surface area contributed by atoms with Crippen LogP contribution in [0.1, 0.15) is 6.42 Å². The predicted molar refractivity (Wildman–Crippen MR) is 90.9 cm³/mol. The van der Waals surface area contributed by atoms with Crippen molar-refractivity contribution in [3.05, 3.63) is 28.7 Å². The molecule has 1 amide bonds. The lowest BCUT2D eigenvalue weighted by atomic mass is 10.2. The minimum atomic E-state index is -0.432. The molecule has 0 aliphatic heterocycles. The predicted octanol–water partition coefficient (Wildman–Crippen LogP) is 2.45. The molecule has 1 rings (SSSR count). The second-order valence-electron chi connectivity index (χ2n) is 3.98. The van der Waals surface area contributed by atoms with Crippen LogP contribution in [0, 0.1) is 0 Å². The molecule has 114 valence electrons. The van der Waals surface area contributed by atoms with Gasteiger partial charge in [0.05, 0.1) is 12.6 Å². The highest BCUT2D eigenvalue weighted by Crippen LogP contribution is 2.17. The molecule has 0 bridgehead atoms. The monoisotopic (exact) mass is 382 g/mol. The summed E-state index contributed by atoms with van der Waals surface area (Å²) in [4.78, 5) is 11.6. The molecule has 0 spiro atoms. The number of ether oxygens (including phenoxy) is 1. The Bertz CT molecular complexity index is 410. The summed E-state index contributed by atoms with van der Waals surface area (Å²) in [6.45, 7) is 0.885. The second kappa shape index (κ2) is 11.3. The van der Waals surface area contributed by atoms with Gasteiger partial charge in [-0.25, -0.2) is 0 Å². The van der Waals surface area contributed by atoms with Crippen molar-refractivity contribution in [1.82, 2.24) is 5.32 Å². The van der Waals surface area contributed by atoms with Gasteiger partial charge in [-0.05, 0) is 36.6 Å². The highest BCUT2D eigenvalue weighted by Gasteiger charge is 2.11. The summed E-state index contributed by atoms with van der Waals surface area (Å²) in [5.74, 6) is 1.55. The lowest BCUT2D eigenvalue weighted by Crippen LogP contribution is -2.42. The molecule has 0 aromatic heterocycles. The molecule has 1 aromatic rings. The third-order valence-electron chi connectivity index (χ3n) is 2.44. The van der Waals surface area contributed by atoms with Crippen molar-refractivity contribution in [3.8, 4) is 5.75 Å². The van der Waals surface area contributed by atoms with Crippen LogP contribution in [0.3, 0.4) is 0 Å². The molecular weight excluding hydrogens is 364 g/mol. The Morgan fingerprint density at radius 3 is 2.95 bits per heavy atom. The van der Waals surface area contributed by atoms with Gasteiger partial charge in [-0.1, -0.05) is 22.0 Å². The first kappa shape index (κ1) is 19.6. The molecule has 4 nitrogen and oxygen atoms in total. The van der Waals surface area contributed by atoms with Crippen LogP contribution in [0.4, 0.5) is 0 Å². The maximum Gasteiger partial charge on any atom is 0.237 e. The zero-order valence-corrected chi connectivity index (χ0v) is 14.5. The van der Waals surface area contributed by atoms with Crippen molar-refractivity contribution in [1.29, 1.82) is 0 Å². The normalized spacial score (nSPS) is 11.3. The van der Waals surface area contributed by atoms with E-state index in [1.165, 1.54) is 0 Å². The van der Waals surface area contributed by atoms with E-state index >= 15 is 0 Å². The maximum atomic E-state index is 11.6. The summed E-state index contributed by atoms with van der Waals surface area (Å²) >= 11 is 5.05. The van der Waals surface area contributed by atoms with Gasteiger partial charge in [-0.15, -0.1) is 12.4 Å². The van der Waals surface area contributed by atoms with Crippen molar-refractivity contribution in [3.63, 3.8) is 0 Å². The summed E-state index contributed by atoms with van der Waals surface area (Å²) in [6, 6.07) is 7.15. The number of nitrogens with one attached hydrogen (secondary N) is 1. The minimum absolute atomic E-state index is 0. The van der Waals surface area contributed by atoms with Crippen LogP contribution in [-0.2, 0) is 4.79 Å². The molecule has 3 N–H and O–H groups in total. The third kappa shape index (κ3) is 7.99. The van der Waals surface area contributed by atoms with E-state index in [0.29, 0.717) is 19.6 Å². The fraction of sp³-hybridized carbons (Fsp3) is 0.462. The number of thioether (sulfide) groups is 1. The van der Waals surface area contributed by atoms with Crippen LogP contribution in [0.2, 0.25) is 0 Å². The van der Waals surface area contributed by atoms with Crippen LogP contribution >= 0.6 is 40.1 Å². The number of benzene rings is 1. The smallest absolute Gasteiger partial charge is 0.237 e. The van der Waals surface area contributed by atoms with Crippen molar-refractivity contribution >= 4 is 46.0 Å². The van der Waals surface area contributed by atoms with Gasteiger partial charge in [0.25, 0.3) is 0 Å². The number of halogens is 2. The number of hydrogen-bond donors (Lipinski definition) is 2. The van der Waals surface area contributed by atoms with E-state index in [1.54, 1.807) is 11.8 Å². The zero-order valence-electron chi connectivity index (χ0n) is 11.3. The van der Waals surface area contributed by atoms with Gasteiger partial charge in [0.2, 0.25) is 5.91 Å². The summed E-state index contributed by atoms with van der Waals surface area (Å²) in [5, 5.41) is 2.77. The number of nitrogens with two attached hydrogens (primary N) is 1. The first-order chi connectivity index (χ1) is 9.13. The van der Waals surface area contributed by atoms with Crippen LogP contribution in [-0.4, -0.2) is 37.1 Å². The molecule has 20 heavy (non-hydrogen) atoms. The van der Waals surface area contributed by atoms with E-state index in [4.69, 9.17) is 10.5 Å². The third-order valence-corrected chi connectivity index (χ3v) is 3.57. The van der Waals surface area contributed by atoms with Crippen molar-refractivity contribution < 1.29 is 9.53 Å². The SMILES string of the molecule is CSCC[C@H](N)C(=O)NCCOc1cccc(Br)c1.Cl. The van der Waals surface area contributed by atoms with E-state index in [-0.39, 0.29) is 18.3 Å². The quantitative estimate of drug-likeness (QED) is 0.677. The standard InChI is InChI=1S/C13H19BrN2O2S.ClH/c1-19-8-5-12(15)13(17)16-6-7-18-11-4-2-3-10(14)9-11;/h2-4,9,12H,5-8,15H2,1H3,(H,16,17);1H/t12-;/m0./s1. The number of rotatable bonds is 8. The fourth-order valence-electron chi connectivity index (χ4n) is 1.41.